The number of hydrogen-bond acceptors (Lipinski definition) is 6. The highest BCUT2D eigenvalue weighted by Gasteiger charge is 2.19. The average molecular weight is 544 g/mol. The van der Waals surface area contributed by atoms with E-state index in [1.165, 1.54) is 17.6 Å². The Morgan fingerprint density at radius 2 is 1.76 bits per heavy atom. The van der Waals surface area contributed by atoms with Gasteiger partial charge in [0.15, 0.2) is 6.61 Å². The van der Waals surface area contributed by atoms with Crippen LogP contribution in [0.5, 0.6) is 11.5 Å². The number of nitrogens with zero attached hydrogens (tertiary/aromatic N) is 1. The number of hydrazone groups is 1. The van der Waals surface area contributed by atoms with Crippen molar-refractivity contribution in [1.29, 1.82) is 0 Å². The van der Waals surface area contributed by atoms with Gasteiger partial charge in [0, 0.05) is 20.1 Å². The zero-order valence-corrected chi connectivity index (χ0v) is 20.1. The summed E-state index contributed by atoms with van der Waals surface area (Å²) in [5.74, 6) is -0.135. The molecule has 1 N–H and O–H groups in total. The zero-order chi connectivity index (χ0) is 23.2. The Bertz CT molecular complexity index is 1340. The van der Waals surface area contributed by atoms with Gasteiger partial charge in [-0.05, 0) is 42.5 Å². The molecule has 0 fully saturated rings. The third kappa shape index (κ3) is 5.78. The van der Waals surface area contributed by atoms with Crippen molar-refractivity contribution in [2.45, 2.75) is 0 Å². The summed E-state index contributed by atoms with van der Waals surface area (Å²) < 4.78 is 12.8. The Morgan fingerprint density at radius 3 is 2.55 bits per heavy atom. The number of carbonyl (C=O) groups excluding carboxylic acids is 2. The highest BCUT2D eigenvalue weighted by Crippen LogP contribution is 2.36. The Hall–Kier alpha value is -3.20. The molecule has 4 rings (SSSR count). The molecule has 0 spiro atoms. The van der Waals surface area contributed by atoms with Gasteiger partial charge >= 0.3 is 5.97 Å². The van der Waals surface area contributed by atoms with E-state index in [9.17, 15) is 9.59 Å². The average Bonchev–Trinajstić information content (AvgIpc) is 3.16. The van der Waals surface area contributed by atoms with Crippen molar-refractivity contribution >= 4 is 67.0 Å². The van der Waals surface area contributed by atoms with Gasteiger partial charge in [0.1, 0.15) is 16.4 Å². The van der Waals surface area contributed by atoms with E-state index < -0.39 is 11.9 Å². The Morgan fingerprint density at radius 1 is 1.03 bits per heavy atom. The van der Waals surface area contributed by atoms with Gasteiger partial charge in [-0.15, -0.1) is 11.3 Å². The molecule has 6 nitrogen and oxygen atoms in total. The lowest BCUT2D eigenvalue weighted by atomic mass is 10.2. The monoisotopic (exact) mass is 542 g/mol. The minimum atomic E-state index is -0.561. The van der Waals surface area contributed by atoms with Crippen LogP contribution in [0.3, 0.4) is 0 Å². The first-order valence-electron chi connectivity index (χ1n) is 9.70. The standard InChI is InChI=1S/C24H16BrClN2O4S/c25-16-9-11-17(12-10-16)31-14-21(29)28-27-13-15-5-1-3-7-19(15)32-24(30)23-22(26)18-6-2-4-8-20(18)33-23/h1-13H,14H2,(H,28,29)/b27-13+. The largest absolute Gasteiger partial charge is 0.484 e. The number of para-hydroxylation sites is 1. The van der Waals surface area contributed by atoms with Gasteiger partial charge in [-0.3, -0.25) is 4.79 Å². The molecule has 0 saturated heterocycles. The fourth-order valence-electron chi connectivity index (χ4n) is 2.86. The molecule has 33 heavy (non-hydrogen) atoms. The molecule has 1 heterocycles. The second kappa shape index (κ2) is 10.6. The molecule has 0 aliphatic heterocycles. The third-order valence-electron chi connectivity index (χ3n) is 4.42. The Labute approximate surface area is 206 Å². The highest BCUT2D eigenvalue weighted by atomic mass is 79.9. The van der Waals surface area contributed by atoms with Gasteiger partial charge in [0.05, 0.1) is 11.2 Å². The summed E-state index contributed by atoms with van der Waals surface area (Å²) in [6, 6.07) is 21.5. The number of benzene rings is 3. The van der Waals surface area contributed by atoms with Crippen molar-refractivity contribution in [1.82, 2.24) is 5.43 Å². The molecule has 0 unspecified atom stereocenters. The van der Waals surface area contributed by atoms with Crippen molar-refractivity contribution in [2.75, 3.05) is 6.61 Å². The topological polar surface area (TPSA) is 77.0 Å². The molecule has 0 atom stereocenters. The fraction of sp³-hybridized carbons (Fsp3) is 0.0417. The van der Waals surface area contributed by atoms with E-state index in [0.29, 0.717) is 27.0 Å². The molecule has 0 bridgehead atoms. The summed E-state index contributed by atoms with van der Waals surface area (Å²) in [6.45, 7) is -0.194. The molecular formula is C24H16BrClN2O4S. The highest BCUT2D eigenvalue weighted by molar-refractivity contribution is 9.10. The SMILES string of the molecule is O=C(COc1ccc(Br)cc1)N/N=C/c1ccccc1OC(=O)c1sc2ccccc2c1Cl. The van der Waals surface area contributed by atoms with Crippen molar-refractivity contribution < 1.29 is 19.1 Å². The number of rotatable bonds is 7. The van der Waals surface area contributed by atoms with Crippen LogP contribution in [0.1, 0.15) is 15.2 Å². The fourth-order valence-corrected chi connectivity index (χ4v) is 4.51. The van der Waals surface area contributed by atoms with Gasteiger partial charge in [-0.2, -0.15) is 5.10 Å². The van der Waals surface area contributed by atoms with E-state index in [2.05, 4.69) is 26.5 Å². The summed E-state index contributed by atoms with van der Waals surface area (Å²) in [5.41, 5.74) is 2.90. The van der Waals surface area contributed by atoms with E-state index in [-0.39, 0.29) is 6.61 Å². The van der Waals surface area contributed by atoms with Gasteiger partial charge in [0.2, 0.25) is 0 Å². The van der Waals surface area contributed by atoms with Crippen LogP contribution in [0.15, 0.2) is 82.4 Å². The number of hydrogen-bond donors (Lipinski definition) is 1. The normalized spacial score (nSPS) is 11.0. The zero-order valence-electron chi connectivity index (χ0n) is 17.0. The Kier molecular flexibility index (Phi) is 7.39. The maximum atomic E-state index is 12.7. The van der Waals surface area contributed by atoms with Crippen molar-refractivity contribution in [3.05, 3.63) is 92.7 Å². The lowest BCUT2D eigenvalue weighted by Crippen LogP contribution is -2.24. The summed E-state index contributed by atoms with van der Waals surface area (Å²) in [5, 5.41) is 5.10. The minimum Gasteiger partial charge on any atom is -0.484 e. The van der Waals surface area contributed by atoms with Crippen LogP contribution in [0, 0.1) is 0 Å². The molecule has 0 aliphatic carbocycles. The van der Waals surface area contributed by atoms with E-state index in [1.54, 1.807) is 36.4 Å². The maximum Gasteiger partial charge on any atom is 0.355 e. The number of halogens is 2. The van der Waals surface area contributed by atoms with Gasteiger partial charge in [-0.1, -0.05) is 57.9 Å². The number of nitrogens with one attached hydrogen (secondary N) is 1. The number of fused-ring (bicyclic) bond motifs is 1. The Balaban J connectivity index is 1.39. The predicted molar refractivity (Wildman–Crippen MR) is 134 cm³/mol. The van der Waals surface area contributed by atoms with E-state index in [4.69, 9.17) is 21.1 Å². The summed E-state index contributed by atoms with van der Waals surface area (Å²) in [6.07, 6.45) is 1.40. The molecule has 4 aromatic rings. The second-order valence-corrected chi connectivity index (χ2v) is 9.05. The van der Waals surface area contributed by atoms with E-state index in [0.717, 1.165) is 14.6 Å². The molecule has 0 aliphatic rings. The first-order chi connectivity index (χ1) is 16.0. The lowest BCUT2D eigenvalue weighted by molar-refractivity contribution is -0.123. The number of ether oxygens (including phenoxy) is 2. The van der Waals surface area contributed by atoms with Gasteiger partial charge < -0.3 is 9.47 Å². The molecule has 0 saturated carbocycles. The summed E-state index contributed by atoms with van der Waals surface area (Å²) in [7, 11) is 0. The van der Waals surface area contributed by atoms with Crippen molar-refractivity contribution in [3.63, 3.8) is 0 Å². The van der Waals surface area contributed by atoms with Crippen LogP contribution in [-0.4, -0.2) is 24.7 Å². The number of thiophene rings is 1. The van der Waals surface area contributed by atoms with Crippen molar-refractivity contribution in [3.8, 4) is 11.5 Å². The summed E-state index contributed by atoms with van der Waals surface area (Å²) >= 11 is 11.0. The van der Waals surface area contributed by atoms with Crippen LogP contribution >= 0.6 is 38.9 Å². The lowest BCUT2D eigenvalue weighted by Gasteiger charge is -2.07. The molecule has 166 valence electrons. The van der Waals surface area contributed by atoms with Gasteiger partial charge in [-0.25, -0.2) is 10.2 Å². The predicted octanol–water partition coefficient (Wildman–Crippen LogP) is 6.07. The van der Waals surface area contributed by atoms with Crippen molar-refractivity contribution in [2.24, 2.45) is 5.10 Å². The van der Waals surface area contributed by atoms with Crippen LogP contribution < -0.4 is 14.9 Å². The molecule has 9 heteroatoms. The van der Waals surface area contributed by atoms with Crippen LogP contribution in [0.2, 0.25) is 5.02 Å². The number of amides is 1. The second-order valence-electron chi connectivity index (χ2n) is 6.70. The molecule has 0 radical (unpaired) electrons. The van der Waals surface area contributed by atoms with E-state index >= 15 is 0 Å². The number of esters is 1. The summed E-state index contributed by atoms with van der Waals surface area (Å²) in [4.78, 5) is 25.1. The number of carbonyl (C=O) groups is 2. The molecule has 3 aromatic carbocycles. The molecule has 1 aromatic heterocycles. The van der Waals surface area contributed by atoms with E-state index in [1.807, 2.05) is 36.4 Å². The van der Waals surface area contributed by atoms with Gasteiger partial charge in [0.25, 0.3) is 5.91 Å². The first-order valence-corrected chi connectivity index (χ1v) is 11.7. The minimum absolute atomic E-state index is 0.194. The van der Waals surface area contributed by atoms with Crippen LogP contribution in [0.4, 0.5) is 0 Å². The van der Waals surface area contributed by atoms with Crippen LogP contribution in [-0.2, 0) is 4.79 Å². The molecule has 1 amide bonds. The third-order valence-corrected chi connectivity index (χ3v) is 6.60. The smallest absolute Gasteiger partial charge is 0.355 e. The maximum absolute atomic E-state index is 12.7. The molecular weight excluding hydrogens is 528 g/mol. The van der Waals surface area contributed by atoms with Crippen LogP contribution in [0.25, 0.3) is 10.1 Å². The first kappa shape index (κ1) is 23.0. The quantitative estimate of drug-likeness (QED) is 0.133.